The molecule has 3 rings (SSSR count). The van der Waals surface area contributed by atoms with Gasteiger partial charge in [-0.05, 0) is 43.2 Å². The molecule has 0 amide bonds. The van der Waals surface area contributed by atoms with E-state index in [-0.39, 0.29) is 6.61 Å². The Morgan fingerprint density at radius 2 is 1.94 bits per heavy atom. The van der Waals surface area contributed by atoms with Gasteiger partial charge in [-0.2, -0.15) is 0 Å². The molecule has 2 unspecified atom stereocenters. The molecule has 1 aliphatic heterocycles. The molecule has 2 fully saturated rings. The molecule has 1 saturated heterocycles. The fourth-order valence-electron chi connectivity index (χ4n) is 3.59. The van der Waals surface area contributed by atoms with Gasteiger partial charge in [0.15, 0.2) is 0 Å². The van der Waals surface area contributed by atoms with Crippen molar-refractivity contribution in [2.75, 3.05) is 18.0 Å². The molecule has 2 atom stereocenters. The number of hydrogen-bond acceptors (Lipinski definition) is 2. The van der Waals surface area contributed by atoms with Gasteiger partial charge >= 0.3 is 0 Å². The van der Waals surface area contributed by atoms with Crippen LogP contribution in [-0.4, -0.2) is 18.2 Å². The Bertz CT molecular complexity index is 423. The van der Waals surface area contributed by atoms with Crippen molar-refractivity contribution in [1.29, 1.82) is 0 Å². The molecule has 1 aromatic carbocycles. The van der Waals surface area contributed by atoms with Crippen LogP contribution in [-0.2, 0) is 6.61 Å². The van der Waals surface area contributed by atoms with E-state index in [0.29, 0.717) is 0 Å². The second-order valence-corrected chi connectivity index (χ2v) is 6.17. The summed E-state index contributed by atoms with van der Waals surface area (Å²) in [6.07, 6.45) is 5.52. The molecule has 0 spiro atoms. The molecule has 98 valence electrons. The van der Waals surface area contributed by atoms with Crippen molar-refractivity contribution in [1.82, 2.24) is 0 Å². The molecule has 1 aliphatic carbocycles. The van der Waals surface area contributed by atoms with Gasteiger partial charge in [0.25, 0.3) is 0 Å². The van der Waals surface area contributed by atoms with Crippen molar-refractivity contribution in [2.24, 2.45) is 11.8 Å². The van der Waals surface area contributed by atoms with Gasteiger partial charge < -0.3 is 10.0 Å². The van der Waals surface area contributed by atoms with Gasteiger partial charge in [-0.15, -0.1) is 0 Å². The lowest BCUT2D eigenvalue weighted by Gasteiger charge is -2.43. The Morgan fingerprint density at radius 1 is 1.22 bits per heavy atom. The molecule has 0 aromatic heterocycles. The van der Waals surface area contributed by atoms with E-state index < -0.39 is 0 Å². The van der Waals surface area contributed by atoms with E-state index in [9.17, 15) is 5.11 Å². The van der Waals surface area contributed by atoms with E-state index in [1.165, 1.54) is 25.7 Å². The van der Waals surface area contributed by atoms with Crippen molar-refractivity contribution in [3.8, 4) is 0 Å². The molecule has 1 N–H and O–H groups in total. The number of hydrogen-bond donors (Lipinski definition) is 1. The molecule has 2 aliphatic rings. The number of piperidine rings is 1. The lowest BCUT2D eigenvalue weighted by molar-refractivity contribution is 0.230. The summed E-state index contributed by atoms with van der Waals surface area (Å²) < 4.78 is 0. The fourth-order valence-corrected chi connectivity index (χ4v) is 3.76. The van der Waals surface area contributed by atoms with Crippen LogP contribution in [0.4, 0.5) is 5.69 Å². The predicted octanol–water partition coefficient (Wildman–Crippen LogP) is 3.46. The molecule has 2 nitrogen and oxygen atoms in total. The van der Waals surface area contributed by atoms with Crippen LogP contribution >= 0.6 is 11.6 Å². The molecule has 0 radical (unpaired) electrons. The summed E-state index contributed by atoms with van der Waals surface area (Å²) in [6.45, 7) is 2.35. The molecule has 2 bridgehead atoms. The van der Waals surface area contributed by atoms with Crippen LogP contribution in [0.15, 0.2) is 18.2 Å². The Kier molecular flexibility index (Phi) is 3.49. The van der Waals surface area contributed by atoms with Crippen molar-refractivity contribution in [3.05, 3.63) is 28.8 Å². The van der Waals surface area contributed by atoms with E-state index in [4.69, 9.17) is 11.6 Å². The summed E-state index contributed by atoms with van der Waals surface area (Å²) in [6, 6.07) is 5.82. The molecular formula is C15H20ClNO. The van der Waals surface area contributed by atoms with Crippen LogP contribution in [0.3, 0.4) is 0 Å². The summed E-state index contributed by atoms with van der Waals surface area (Å²) in [5, 5.41) is 10.2. The lowest BCUT2D eigenvalue weighted by Crippen LogP contribution is -2.43. The van der Waals surface area contributed by atoms with Crippen molar-refractivity contribution in [3.63, 3.8) is 0 Å². The first-order chi connectivity index (χ1) is 8.76. The van der Waals surface area contributed by atoms with Gasteiger partial charge in [-0.1, -0.05) is 24.1 Å². The molecule has 1 heterocycles. The van der Waals surface area contributed by atoms with Gasteiger partial charge in [0.1, 0.15) is 0 Å². The first-order valence-corrected chi connectivity index (χ1v) is 7.28. The van der Waals surface area contributed by atoms with Crippen LogP contribution in [0.1, 0.15) is 31.2 Å². The smallest absolute Gasteiger partial charge is 0.0702 e. The highest BCUT2D eigenvalue weighted by Crippen LogP contribution is 2.37. The third kappa shape index (κ3) is 2.36. The quantitative estimate of drug-likeness (QED) is 0.885. The average Bonchev–Trinajstić information content (AvgIpc) is 2.38. The van der Waals surface area contributed by atoms with E-state index in [2.05, 4.69) is 4.90 Å². The number of nitrogens with zero attached hydrogens (tertiary/aromatic N) is 1. The van der Waals surface area contributed by atoms with Crippen LogP contribution < -0.4 is 4.90 Å². The molecule has 1 aromatic rings. The van der Waals surface area contributed by atoms with Crippen molar-refractivity contribution in [2.45, 2.75) is 32.3 Å². The summed E-state index contributed by atoms with van der Waals surface area (Å²) in [7, 11) is 0. The first kappa shape index (κ1) is 12.3. The molecule has 3 heteroatoms. The maximum Gasteiger partial charge on any atom is 0.0702 e. The minimum atomic E-state index is 0.0956. The number of fused-ring (bicyclic) bond motifs is 2. The van der Waals surface area contributed by atoms with E-state index in [0.717, 1.165) is 41.2 Å². The van der Waals surface area contributed by atoms with Crippen molar-refractivity contribution < 1.29 is 5.11 Å². The summed E-state index contributed by atoms with van der Waals surface area (Å²) in [5.41, 5.74) is 2.14. The number of aliphatic hydroxyl groups excluding tert-OH is 1. The van der Waals surface area contributed by atoms with Gasteiger partial charge in [0.05, 0.1) is 6.61 Å². The Balaban J connectivity index is 1.87. The minimum Gasteiger partial charge on any atom is -0.392 e. The van der Waals surface area contributed by atoms with Crippen LogP contribution in [0.25, 0.3) is 0 Å². The Hall–Kier alpha value is -0.730. The highest BCUT2D eigenvalue weighted by molar-refractivity contribution is 6.30. The number of anilines is 1. The van der Waals surface area contributed by atoms with Gasteiger partial charge in [0, 0.05) is 29.4 Å². The second-order valence-electron chi connectivity index (χ2n) is 5.73. The maximum atomic E-state index is 9.47. The standard InChI is InChI=1S/C15H20ClNO/c16-14-5-4-13(10-18)15(7-14)17-8-11-2-1-3-12(6-11)9-17/h4-5,7,11-12,18H,1-3,6,8-10H2. The summed E-state index contributed by atoms with van der Waals surface area (Å²) >= 11 is 6.11. The second kappa shape index (κ2) is 5.10. The Labute approximate surface area is 114 Å². The van der Waals surface area contributed by atoms with E-state index >= 15 is 0 Å². The molecule has 1 saturated carbocycles. The zero-order valence-corrected chi connectivity index (χ0v) is 11.4. The number of benzene rings is 1. The fraction of sp³-hybridized carbons (Fsp3) is 0.600. The molecular weight excluding hydrogens is 246 g/mol. The van der Waals surface area contributed by atoms with Crippen molar-refractivity contribution >= 4 is 17.3 Å². The maximum absolute atomic E-state index is 9.47. The normalized spacial score (nSPS) is 27.3. The molecule has 18 heavy (non-hydrogen) atoms. The van der Waals surface area contributed by atoms with Crippen LogP contribution in [0, 0.1) is 11.8 Å². The Morgan fingerprint density at radius 3 is 2.61 bits per heavy atom. The number of rotatable bonds is 2. The van der Waals surface area contributed by atoms with Gasteiger partial charge in [-0.3, -0.25) is 0 Å². The highest BCUT2D eigenvalue weighted by Gasteiger charge is 2.31. The zero-order valence-electron chi connectivity index (χ0n) is 10.6. The topological polar surface area (TPSA) is 23.5 Å². The predicted molar refractivity (Wildman–Crippen MR) is 75.0 cm³/mol. The van der Waals surface area contributed by atoms with E-state index in [1.54, 1.807) is 0 Å². The largest absolute Gasteiger partial charge is 0.392 e. The van der Waals surface area contributed by atoms with Gasteiger partial charge in [0.2, 0.25) is 0 Å². The van der Waals surface area contributed by atoms with E-state index in [1.807, 2.05) is 18.2 Å². The van der Waals surface area contributed by atoms with Crippen LogP contribution in [0.5, 0.6) is 0 Å². The number of halogens is 1. The average molecular weight is 266 g/mol. The first-order valence-electron chi connectivity index (χ1n) is 6.90. The SMILES string of the molecule is OCc1ccc(Cl)cc1N1CC2CCCC(C2)C1. The third-order valence-corrected chi connectivity index (χ3v) is 4.64. The highest BCUT2D eigenvalue weighted by atomic mass is 35.5. The lowest BCUT2D eigenvalue weighted by atomic mass is 9.77. The third-order valence-electron chi connectivity index (χ3n) is 4.41. The van der Waals surface area contributed by atoms with Gasteiger partial charge in [-0.25, -0.2) is 0 Å². The summed E-state index contributed by atoms with van der Waals surface area (Å²) in [5.74, 6) is 1.67. The minimum absolute atomic E-state index is 0.0956. The van der Waals surface area contributed by atoms with Crippen LogP contribution in [0.2, 0.25) is 5.02 Å². The number of aliphatic hydroxyl groups is 1. The monoisotopic (exact) mass is 265 g/mol. The zero-order chi connectivity index (χ0) is 12.5. The summed E-state index contributed by atoms with van der Waals surface area (Å²) in [4.78, 5) is 2.44.